The van der Waals surface area contributed by atoms with Gasteiger partial charge in [0.2, 0.25) is 5.91 Å². The van der Waals surface area contributed by atoms with Crippen LogP contribution >= 0.6 is 0 Å². The summed E-state index contributed by atoms with van der Waals surface area (Å²) in [6, 6.07) is 5.87. The summed E-state index contributed by atoms with van der Waals surface area (Å²) < 4.78 is 5.67. The number of esters is 1. The Labute approximate surface area is 143 Å². The highest BCUT2D eigenvalue weighted by Crippen LogP contribution is 2.41. The lowest BCUT2D eigenvalue weighted by molar-refractivity contribution is -0.134. The van der Waals surface area contributed by atoms with Gasteiger partial charge in [-0.3, -0.25) is 4.79 Å². The molecule has 1 aromatic carbocycles. The van der Waals surface area contributed by atoms with Crippen molar-refractivity contribution < 1.29 is 14.3 Å². The lowest BCUT2D eigenvalue weighted by Crippen LogP contribution is -2.48. The van der Waals surface area contributed by atoms with Gasteiger partial charge in [0, 0.05) is 6.54 Å². The van der Waals surface area contributed by atoms with Gasteiger partial charge < -0.3 is 10.1 Å². The van der Waals surface area contributed by atoms with Gasteiger partial charge in [-0.05, 0) is 81.5 Å². The number of amides is 1. The van der Waals surface area contributed by atoms with E-state index in [1.165, 1.54) is 11.1 Å². The van der Waals surface area contributed by atoms with Gasteiger partial charge in [0.25, 0.3) is 0 Å². The van der Waals surface area contributed by atoms with Gasteiger partial charge in [-0.1, -0.05) is 6.07 Å². The molecule has 2 aliphatic carbocycles. The molecule has 4 nitrogen and oxygen atoms in total. The van der Waals surface area contributed by atoms with Crippen LogP contribution in [0.1, 0.15) is 66.9 Å². The molecule has 4 rings (SSSR count). The summed E-state index contributed by atoms with van der Waals surface area (Å²) in [6.45, 7) is 2.81. The molecular formula is C20H25NO3. The molecule has 1 spiro atoms. The molecule has 1 aliphatic heterocycles. The van der Waals surface area contributed by atoms with Gasteiger partial charge in [-0.15, -0.1) is 0 Å². The molecule has 1 N–H and O–H groups in total. The third-order valence-corrected chi connectivity index (χ3v) is 6.19. The second kappa shape index (κ2) is 5.61. The molecule has 1 atom stereocenters. The summed E-state index contributed by atoms with van der Waals surface area (Å²) in [5.41, 5.74) is 2.56. The van der Waals surface area contributed by atoms with Gasteiger partial charge in [-0.25, -0.2) is 4.79 Å². The van der Waals surface area contributed by atoms with E-state index in [1.807, 2.05) is 25.1 Å². The van der Waals surface area contributed by atoms with Crippen LogP contribution in [0.3, 0.4) is 0 Å². The smallest absolute Gasteiger partial charge is 0.338 e. The first-order valence-corrected chi connectivity index (χ1v) is 9.13. The van der Waals surface area contributed by atoms with Crippen LogP contribution in [-0.4, -0.2) is 24.0 Å². The van der Waals surface area contributed by atoms with Crippen LogP contribution in [0.25, 0.3) is 0 Å². The number of carbonyl (C=O) groups is 2. The van der Waals surface area contributed by atoms with Crippen LogP contribution in [0, 0.1) is 5.41 Å². The fourth-order valence-corrected chi connectivity index (χ4v) is 4.38. The fraction of sp³-hybridized carbons (Fsp3) is 0.600. The number of aryl methyl sites for hydroxylation is 1. The highest BCUT2D eigenvalue weighted by Gasteiger charge is 2.42. The topological polar surface area (TPSA) is 55.4 Å². The van der Waals surface area contributed by atoms with Crippen molar-refractivity contribution in [2.24, 2.45) is 5.41 Å². The maximum atomic E-state index is 12.4. The van der Waals surface area contributed by atoms with Crippen molar-refractivity contribution in [1.82, 2.24) is 5.32 Å². The van der Waals surface area contributed by atoms with Crippen molar-refractivity contribution in [3.05, 3.63) is 34.9 Å². The molecule has 0 aromatic heterocycles. The Morgan fingerprint density at radius 3 is 2.67 bits per heavy atom. The summed E-state index contributed by atoms with van der Waals surface area (Å²) >= 11 is 0. The molecule has 3 aliphatic rings. The minimum atomic E-state index is -0.267. The normalized spacial score (nSPS) is 27.8. The minimum Gasteiger partial charge on any atom is -0.456 e. The zero-order valence-electron chi connectivity index (χ0n) is 14.3. The van der Waals surface area contributed by atoms with Crippen LogP contribution < -0.4 is 5.32 Å². The van der Waals surface area contributed by atoms with E-state index in [9.17, 15) is 9.59 Å². The van der Waals surface area contributed by atoms with E-state index in [1.54, 1.807) is 0 Å². The summed E-state index contributed by atoms with van der Waals surface area (Å²) in [7, 11) is 0. The average Bonchev–Trinajstić information content (AvgIpc) is 2.56. The summed E-state index contributed by atoms with van der Waals surface area (Å²) in [4.78, 5) is 24.8. The molecule has 1 heterocycles. The Morgan fingerprint density at radius 1 is 1.12 bits per heavy atom. The average molecular weight is 327 g/mol. The standard InChI is InChI=1S/C20H25NO3/c1-19(7-2-8-19)24-17(22)15-4-5-16-13-20(10-6-14(16)12-15)9-3-11-21-18(20)23/h4-5,12H,2-3,6-11,13H2,1H3,(H,21,23). The first-order valence-electron chi connectivity index (χ1n) is 9.13. The lowest BCUT2D eigenvalue weighted by atomic mass is 9.67. The molecule has 1 aromatic rings. The highest BCUT2D eigenvalue weighted by molar-refractivity contribution is 5.90. The maximum Gasteiger partial charge on any atom is 0.338 e. The summed E-state index contributed by atoms with van der Waals surface area (Å²) in [6.07, 6.45) is 7.62. The molecule has 1 saturated carbocycles. The van der Waals surface area contributed by atoms with Crippen LogP contribution in [0.2, 0.25) is 0 Å². The molecule has 1 saturated heterocycles. The largest absolute Gasteiger partial charge is 0.456 e. The number of ether oxygens (including phenoxy) is 1. The number of hydrogen-bond donors (Lipinski definition) is 1. The Morgan fingerprint density at radius 2 is 1.96 bits per heavy atom. The number of piperidine rings is 1. The van der Waals surface area contributed by atoms with Crippen molar-refractivity contribution in [2.75, 3.05) is 6.54 Å². The van der Waals surface area contributed by atoms with Gasteiger partial charge >= 0.3 is 5.97 Å². The summed E-state index contributed by atoms with van der Waals surface area (Å²) in [5, 5.41) is 3.03. The first-order chi connectivity index (χ1) is 11.5. The molecule has 4 heteroatoms. The number of hydrogen-bond acceptors (Lipinski definition) is 3. The number of benzene rings is 1. The highest BCUT2D eigenvalue weighted by atomic mass is 16.6. The third-order valence-electron chi connectivity index (χ3n) is 6.19. The van der Waals surface area contributed by atoms with Gasteiger partial charge in [0.15, 0.2) is 0 Å². The predicted octanol–water partition coefficient (Wildman–Crippen LogP) is 3.17. The second-order valence-corrected chi connectivity index (χ2v) is 7.99. The van der Waals surface area contributed by atoms with Gasteiger partial charge in [-0.2, -0.15) is 0 Å². The Bertz CT molecular complexity index is 692. The predicted molar refractivity (Wildman–Crippen MR) is 90.8 cm³/mol. The Kier molecular flexibility index (Phi) is 3.66. The van der Waals surface area contributed by atoms with Crippen molar-refractivity contribution in [3.8, 4) is 0 Å². The molecule has 128 valence electrons. The monoisotopic (exact) mass is 327 g/mol. The SMILES string of the molecule is CC1(OC(=O)c2ccc3c(c2)CCC2(CCCNC2=O)C3)CCC1. The van der Waals surface area contributed by atoms with Crippen LogP contribution in [-0.2, 0) is 22.4 Å². The number of fused-ring (bicyclic) bond motifs is 1. The van der Waals surface area contributed by atoms with E-state index in [4.69, 9.17) is 4.74 Å². The molecule has 0 bridgehead atoms. The molecule has 1 amide bonds. The Hall–Kier alpha value is -1.84. The Balaban J connectivity index is 1.53. The first kappa shape index (κ1) is 15.7. The van der Waals surface area contributed by atoms with E-state index >= 15 is 0 Å². The van der Waals surface area contributed by atoms with Crippen molar-refractivity contribution >= 4 is 11.9 Å². The number of carbonyl (C=O) groups excluding carboxylic acids is 2. The zero-order valence-corrected chi connectivity index (χ0v) is 14.3. The van der Waals surface area contributed by atoms with Crippen molar-refractivity contribution in [2.45, 2.75) is 63.9 Å². The second-order valence-electron chi connectivity index (χ2n) is 7.99. The maximum absolute atomic E-state index is 12.4. The zero-order chi connectivity index (χ0) is 16.8. The van der Waals surface area contributed by atoms with Gasteiger partial charge in [0.05, 0.1) is 11.0 Å². The van der Waals surface area contributed by atoms with E-state index in [0.717, 1.165) is 57.9 Å². The molecule has 1 unspecified atom stereocenters. The van der Waals surface area contributed by atoms with Gasteiger partial charge in [0.1, 0.15) is 5.60 Å². The van der Waals surface area contributed by atoms with Crippen molar-refractivity contribution in [1.29, 1.82) is 0 Å². The van der Waals surface area contributed by atoms with Crippen molar-refractivity contribution in [3.63, 3.8) is 0 Å². The lowest BCUT2D eigenvalue weighted by Gasteiger charge is -2.40. The molecular weight excluding hydrogens is 302 g/mol. The number of nitrogens with one attached hydrogen (secondary N) is 1. The quantitative estimate of drug-likeness (QED) is 0.849. The van der Waals surface area contributed by atoms with Crippen LogP contribution in [0.15, 0.2) is 18.2 Å². The summed E-state index contributed by atoms with van der Waals surface area (Å²) in [5.74, 6) is -0.00325. The van der Waals surface area contributed by atoms with E-state index in [-0.39, 0.29) is 22.9 Å². The van der Waals surface area contributed by atoms with E-state index < -0.39 is 0 Å². The fourth-order valence-electron chi connectivity index (χ4n) is 4.38. The number of rotatable bonds is 2. The van der Waals surface area contributed by atoms with Crippen LogP contribution in [0.5, 0.6) is 0 Å². The third kappa shape index (κ3) is 2.62. The van der Waals surface area contributed by atoms with E-state index in [0.29, 0.717) is 5.56 Å². The molecule has 2 fully saturated rings. The van der Waals surface area contributed by atoms with Crippen LogP contribution in [0.4, 0.5) is 0 Å². The molecule has 24 heavy (non-hydrogen) atoms. The minimum absolute atomic E-state index is 0.209. The molecule has 0 radical (unpaired) electrons. The van der Waals surface area contributed by atoms with E-state index in [2.05, 4.69) is 5.32 Å².